The van der Waals surface area contributed by atoms with Gasteiger partial charge in [0.15, 0.2) is 0 Å². The van der Waals surface area contributed by atoms with E-state index < -0.39 is 6.04 Å². The molecule has 0 radical (unpaired) electrons. The van der Waals surface area contributed by atoms with Crippen LogP contribution in [0.5, 0.6) is 0 Å². The van der Waals surface area contributed by atoms with E-state index in [9.17, 15) is 9.59 Å². The normalized spacial score (nSPS) is 11.6. The highest BCUT2D eigenvalue weighted by Crippen LogP contribution is 2.21. The number of nitrogens with zero attached hydrogens (tertiary/aromatic N) is 1. The molecular weight excluding hydrogens is 464 g/mol. The van der Waals surface area contributed by atoms with Crippen LogP contribution in [-0.4, -0.2) is 35.1 Å². The van der Waals surface area contributed by atoms with Gasteiger partial charge in [-0.2, -0.15) is 0 Å². The van der Waals surface area contributed by atoms with Gasteiger partial charge in [0.05, 0.1) is 0 Å². The molecule has 0 fully saturated rings. The van der Waals surface area contributed by atoms with Gasteiger partial charge in [0.25, 0.3) is 0 Å². The fourth-order valence-corrected chi connectivity index (χ4v) is 4.61. The topological polar surface area (TPSA) is 49.4 Å². The minimum atomic E-state index is -0.598. The molecule has 0 saturated carbocycles. The molecule has 0 spiro atoms. The predicted molar refractivity (Wildman–Crippen MR) is 141 cm³/mol. The molecule has 0 aliphatic rings. The number of carbonyl (C=O) groups is 2. The molecule has 0 aliphatic carbocycles. The molecule has 0 heterocycles. The summed E-state index contributed by atoms with van der Waals surface area (Å²) in [5.41, 5.74) is 1.96. The molecule has 2 amide bonds. The molecule has 0 saturated heterocycles. The van der Waals surface area contributed by atoms with Crippen LogP contribution in [0.15, 0.2) is 89.8 Å². The van der Waals surface area contributed by atoms with E-state index in [0.29, 0.717) is 36.7 Å². The summed E-state index contributed by atoms with van der Waals surface area (Å²) in [5.74, 6) is 0.490. The monoisotopic (exact) mass is 494 g/mol. The van der Waals surface area contributed by atoms with Gasteiger partial charge in [-0.15, -0.1) is 11.8 Å². The summed E-state index contributed by atoms with van der Waals surface area (Å²) in [6.07, 6.45) is 1.64. The fraction of sp³-hybridized carbons (Fsp3) is 0.286. The quantitative estimate of drug-likeness (QED) is 0.315. The van der Waals surface area contributed by atoms with Crippen molar-refractivity contribution in [1.29, 1.82) is 0 Å². The third-order valence-electron chi connectivity index (χ3n) is 5.41. The zero-order valence-corrected chi connectivity index (χ0v) is 21.0. The number of nitrogens with one attached hydrogen (secondary N) is 1. The summed E-state index contributed by atoms with van der Waals surface area (Å²) in [6.45, 7) is 2.95. The average Bonchev–Trinajstić information content (AvgIpc) is 2.87. The lowest BCUT2D eigenvalue weighted by Gasteiger charge is -2.31. The van der Waals surface area contributed by atoms with Crippen LogP contribution in [0.1, 0.15) is 30.9 Å². The number of carbonyl (C=O) groups excluding carboxylic acids is 2. The highest BCUT2D eigenvalue weighted by Gasteiger charge is 2.30. The van der Waals surface area contributed by atoms with Gasteiger partial charge in [-0.3, -0.25) is 9.59 Å². The van der Waals surface area contributed by atoms with E-state index >= 15 is 0 Å². The minimum Gasteiger partial charge on any atom is -0.354 e. The second-order valence-electron chi connectivity index (χ2n) is 8.06. The van der Waals surface area contributed by atoms with Crippen molar-refractivity contribution in [2.75, 3.05) is 12.3 Å². The standard InChI is InChI=1S/C28H31ClN2O2S/c1-2-18-30-28(33)26(20-22-9-5-3-6-10-22)31(21-23-13-15-24(29)16-14-23)27(32)17-19-34-25-11-7-4-8-12-25/h3-16,26H,2,17-21H2,1H3,(H,30,33)/t26-/m0/s1. The molecule has 178 valence electrons. The first kappa shape index (κ1) is 25.9. The highest BCUT2D eigenvalue weighted by atomic mass is 35.5. The van der Waals surface area contributed by atoms with Crippen LogP contribution in [-0.2, 0) is 22.6 Å². The first-order valence-corrected chi connectivity index (χ1v) is 13.0. The molecule has 0 aromatic heterocycles. The highest BCUT2D eigenvalue weighted by molar-refractivity contribution is 7.99. The Morgan fingerprint density at radius 2 is 1.56 bits per heavy atom. The van der Waals surface area contributed by atoms with Gasteiger partial charge in [-0.05, 0) is 41.8 Å². The van der Waals surface area contributed by atoms with E-state index in [1.165, 1.54) is 0 Å². The number of hydrogen-bond acceptors (Lipinski definition) is 3. The summed E-state index contributed by atoms with van der Waals surface area (Å²) in [7, 11) is 0. The smallest absolute Gasteiger partial charge is 0.243 e. The maximum atomic E-state index is 13.5. The third kappa shape index (κ3) is 8.23. The van der Waals surface area contributed by atoms with Crippen molar-refractivity contribution in [3.8, 4) is 0 Å². The fourth-order valence-electron chi connectivity index (χ4n) is 3.62. The Morgan fingerprint density at radius 1 is 0.912 bits per heavy atom. The second-order valence-corrected chi connectivity index (χ2v) is 9.66. The summed E-state index contributed by atoms with van der Waals surface area (Å²) in [5, 5.41) is 3.65. The lowest BCUT2D eigenvalue weighted by Crippen LogP contribution is -2.50. The van der Waals surface area contributed by atoms with Crippen molar-refractivity contribution in [3.63, 3.8) is 0 Å². The van der Waals surface area contributed by atoms with Crippen LogP contribution < -0.4 is 5.32 Å². The van der Waals surface area contributed by atoms with Crippen molar-refractivity contribution in [3.05, 3.63) is 101 Å². The zero-order valence-electron chi connectivity index (χ0n) is 19.5. The zero-order chi connectivity index (χ0) is 24.2. The molecule has 3 rings (SSSR count). The van der Waals surface area contributed by atoms with Crippen LogP contribution in [0.2, 0.25) is 5.02 Å². The van der Waals surface area contributed by atoms with Gasteiger partial charge >= 0.3 is 0 Å². The van der Waals surface area contributed by atoms with E-state index in [1.807, 2.05) is 91.9 Å². The maximum absolute atomic E-state index is 13.5. The number of amides is 2. The first-order valence-electron chi connectivity index (χ1n) is 11.6. The Morgan fingerprint density at radius 3 is 2.21 bits per heavy atom. The molecular formula is C28H31ClN2O2S. The van der Waals surface area contributed by atoms with Crippen molar-refractivity contribution in [2.45, 2.75) is 43.7 Å². The van der Waals surface area contributed by atoms with Crippen molar-refractivity contribution in [2.24, 2.45) is 0 Å². The lowest BCUT2D eigenvalue weighted by molar-refractivity contribution is -0.141. The third-order valence-corrected chi connectivity index (χ3v) is 6.68. The molecule has 3 aromatic carbocycles. The van der Waals surface area contributed by atoms with E-state index in [2.05, 4.69) is 5.32 Å². The van der Waals surface area contributed by atoms with Gasteiger partial charge in [0.2, 0.25) is 11.8 Å². The summed E-state index contributed by atoms with van der Waals surface area (Å²) in [6, 6.07) is 26.7. The van der Waals surface area contributed by atoms with Crippen LogP contribution in [0.3, 0.4) is 0 Å². The van der Waals surface area contributed by atoms with Gasteiger partial charge in [-0.25, -0.2) is 0 Å². The number of thioether (sulfide) groups is 1. The Bertz CT molecular complexity index is 1030. The van der Waals surface area contributed by atoms with E-state index in [0.717, 1.165) is 22.4 Å². The Balaban J connectivity index is 1.82. The van der Waals surface area contributed by atoms with E-state index in [1.54, 1.807) is 16.7 Å². The van der Waals surface area contributed by atoms with Crippen molar-refractivity contribution < 1.29 is 9.59 Å². The number of hydrogen-bond donors (Lipinski definition) is 1. The van der Waals surface area contributed by atoms with E-state index in [-0.39, 0.29) is 11.8 Å². The number of rotatable bonds is 12. The maximum Gasteiger partial charge on any atom is 0.243 e. The second kappa shape index (κ2) is 13.8. The van der Waals surface area contributed by atoms with Crippen LogP contribution in [0, 0.1) is 0 Å². The molecule has 0 bridgehead atoms. The van der Waals surface area contributed by atoms with Crippen molar-refractivity contribution in [1.82, 2.24) is 10.2 Å². The molecule has 3 aromatic rings. The SMILES string of the molecule is CCCNC(=O)[C@H](Cc1ccccc1)N(Cc1ccc(Cl)cc1)C(=O)CCSc1ccccc1. The van der Waals surface area contributed by atoms with Gasteiger partial charge in [0, 0.05) is 41.6 Å². The van der Waals surface area contributed by atoms with Crippen LogP contribution >= 0.6 is 23.4 Å². The van der Waals surface area contributed by atoms with E-state index in [4.69, 9.17) is 11.6 Å². The molecule has 0 unspecified atom stereocenters. The van der Waals surface area contributed by atoms with Gasteiger partial charge in [0.1, 0.15) is 6.04 Å². The molecule has 1 atom stereocenters. The Kier molecular flexibility index (Phi) is 10.5. The lowest BCUT2D eigenvalue weighted by atomic mass is 10.0. The minimum absolute atomic E-state index is 0.0361. The Hall–Kier alpha value is -2.76. The first-order chi connectivity index (χ1) is 16.6. The molecule has 4 nitrogen and oxygen atoms in total. The van der Waals surface area contributed by atoms with Crippen LogP contribution in [0.4, 0.5) is 0 Å². The summed E-state index contributed by atoms with van der Waals surface area (Å²) >= 11 is 7.71. The summed E-state index contributed by atoms with van der Waals surface area (Å²) < 4.78 is 0. The van der Waals surface area contributed by atoms with Crippen molar-refractivity contribution >= 4 is 35.2 Å². The number of benzene rings is 3. The van der Waals surface area contributed by atoms with Gasteiger partial charge in [-0.1, -0.05) is 79.2 Å². The van der Waals surface area contributed by atoms with Crippen LogP contribution in [0.25, 0.3) is 0 Å². The number of halogens is 1. The summed E-state index contributed by atoms with van der Waals surface area (Å²) in [4.78, 5) is 29.6. The molecule has 6 heteroatoms. The molecule has 0 aliphatic heterocycles. The predicted octanol–water partition coefficient (Wildman–Crippen LogP) is 5.99. The average molecular weight is 495 g/mol. The largest absolute Gasteiger partial charge is 0.354 e. The Labute approximate surface area is 211 Å². The molecule has 1 N–H and O–H groups in total. The molecule has 34 heavy (non-hydrogen) atoms. The van der Waals surface area contributed by atoms with Gasteiger partial charge < -0.3 is 10.2 Å².